The Morgan fingerprint density at radius 2 is 1.89 bits per heavy atom. The molecule has 4 rings (SSSR count). The molecule has 0 saturated carbocycles. The predicted octanol–water partition coefficient (Wildman–Crippen LogP) is 2.59. The number of anilines is 1. The van der Waals surface area contributed by atoms with Crippen molar-refractivity contribution in [3.05, 3.63) is 53.4 Å². The van der Waals surface area contributed by atoms with Crippen LogP contribution in [-0.4, -0.2) is 30.3 Å². The molecule has 2 heterocycles. The first-order chi connectivity index (χ1) is 13.4. The van der Waals surface area contributed by atoms with Crippen LogP contribution in [0.1, 0.15) is 11.8 Å². The first-order valence-electron chi connectivity index (χ1n) is 8.63. The van der Waals surface area contributed by atoms with Gasteiger partial charge in [-0.25, -0.2) is 0 Å². The summed E-state index contributed by atoms with van der Waals surface area (Å²) in [6, 6.07) is 14.5. The lowest BCUT2D eigenvalue weighted by Crippen LogP contribution is -2.42. The van der Waals surface area contributed by atoms with E-state index in [2.05, 4.69) is 10.6 Å². The second-order valence-corrected chi connectivity index (χ2v) is 7.71. The molecule has 3 aromatic rings. The van der Waals surface area contributed by atoms with E-state index >= 15 is 0 Å². The summed E-state index contributed by atoms with van der Waals surface area (Å²) in [5, 5.41) is 16.8. The number of ether oxygens (including phenoxy) is 2. The van der Waals surface area contributed by atoms with E-state index in [1.807, 2.05) is 30.3 Å². The number of fused-ring (bicyclic) bond motifs is 2. The van der Waals surface area contributed by atoms with Crippen LogP contribution < -0.4 is 20.1 Å². The van der Waals surface area contributed by atoms with Crippen LogP contribution in [0.25, 0.3) is 10.1 Å². The van der Waals surface area contributed by atoms with E-state index in [-0.39, 0.29) is 13.3 Å². The predicted molar refractivity (Wildman–Crippen MR) is 106 cm³/mol. The molecule has 1 aliphatic rings. The summed E-state index contributed by atoms with van der Waals surface area (Å²) < 4.78 is 11.5. The first-order valence-corrected chi connectivity index (χ1v) is 9.44. The summed E-state index contributed by atoms with van der Waals surface area (Å²) >= 11 is 1.45. The number of benzene rings is 2. The molecule has 0 radical (unpaired) electrons. The third-order valence-electron chi connectivity index (χ3n) is 4.39. The quantitative estimate of drug-likeness (QED) is 0.587. The van der Waals surface area contributed by atoms with Crippen LogP contribution >= 0.6 is 11.3 Å². The van der Waals surface area contributed by atoms with Gasteiger partial charge >= 0.3 is 11.8 Å². The minimum absolute atomic E-state index is 0.0901. The zero-order chi connectivity index (χ0) is 19.7. The average Bonchev–Trinajstić information content (AvgIpc) is 3.32. The highest BCUT2D eigenvalue weighted by atomic mass is 32.1. The Morgan fingerprint density at radius 3 is 2.71 bits per heavy atom. The molecule has 0 unspecified atom stereocenters. The van der Waals surface area contributed by atoms with Gasteiger partial charge in [0, 0.05) is 21.3 Å². The second kappa shape index (κ2) is 7.14. The maximum Gasteiger partial charge on any atom is 0.313 e. The van der Waals surface area contributed by atoms with Crippen LogP contribution in [0.2, 0.25) is 0 Å². The summed E-state index contributed by atoms with van der Waals surface area (Å²) in [4.78, 5) is 25.0. The number of amides is 2. The zero-order valence-electron chi connectivity index (χ0n) is 15.0. The highest BCUT2D eigenvalue weighted by Gasteiger charge is 2.27. The van der Waals surface area contributed by atoms with Gasteiger partial charge in [0.25, 0.3) is 0 Å². The number of aliphatic hydroxyl groups is 1. The van der Waals surface area contributed by atoms with E-state index in [1.54, 1.807) is 25.1 Å². The molecule has 0 fully saturated rings. The summed E-state index contributed by atoms with van der Waals surface area (Å²) in [5.74, 6) is -0.571. The van der Waals surface area contributed by atoms with Gasteiger partial charge in [0.05, 0.1) is 6.54 Å². The van der Waals surface area contributed by atoms with Gasteiger partial charge in [-0.2, -0.15) is 0 Å². The number of hydrogen-bond donors (Lipinski definition) is 3. The first kappa shape index (κ1) is 18.3. The molecule has 28 heavy (non-hydrogen) atoms. The Hall–Kier alpha value is -3.10. The molecule has 0 saturated heterocycles. The minimum atomic E-state index is -1.29. The normalized spacial score (nSPS) is 14.5. The summed E-state index contributed by atoms with van der Waals surface area (Å²) in [6.45, 7) is 1.64. The Bertz CT molecular complexity index is 1030. The van der Waals surface area contributed by atoms with Gasteiger partial charge < -0.3 is 25.2 Å². The molecule has 0 spiro atoms. The van der Waals surface area contributed by atoms with Crippen molar-refractivity contribution in [1.82, 2.24) is 5.32 Å². The van der Waals surface area contributed by atoms with Crippen molar-refractivity contribution in [3.63, 3.8) is 0 Å². The van der Waals surface area contributed by atoms with Crippen molar-refractivity contribution in [2.24, 2.45) is 0 Å². The lowest BCUT2D eigenvalue weighted by Gasteiger charge is -2.22. The van der Waals surface area contributed by atoms with Crippen molar-refractivity contribution >= 4 is 38.9 Å². The second-order valence-electron chi connectivity index (χ2n) is 6.63. The van der Waals surface area contributed by atoms with Crippen molar-refractivity contribution in [2.75, 3.05) is 18.7 Å². The Kier molecular flexibility index (Phi) is 4.66. The van der Waals surface area contributed by atoms with E-state index in [0.717, 1.165) is 10.1 Å². The zero-order valence-corrected chi connectivity index (χ0v) is 15.8. The molecule has 2 aromatic carbocycles. The van der Waals surface area contributed by atoms with Crippen LogP contribution in [0.3, 0.4) is 0 Å². The Morgan fingerprint density at radius 1 is 1.11 bits per heavy atom. The van der Waals surface area contributed by atoms with Gasteiger partial charge in [-0.05, 0) is 36.6 Å². The molecule has 144 valence electrons. The lowest BCUT2D eigenvalue weighted by molar-refractivity contribution is -0.136. The van der Waals surface area contributed by atoms with Crippen LogP contribution in [0.5, 0.6) is 11.5 Å². The molecule has 1 aromatic heterocycles. The van der Waals surface area contributed by atoms with Gasteiger partial charge in [0.2, 0.25) is 6.79 Å². The van der Waals surface area contributed by atoms with E-state index in [0.29, 0.717) is 22.1 Å². The van der Waals surface area contributed by atoms with Gasteiger partial charge in [-0.1, -0.05) is 18.2 Å². The number of thiophene rings is 1. The Balaban J connectivity index is 1.38. The van der Waals surface area contributed by atoms with E-state index in [9.17, 15) is 14.7 Å². The summed E-state index contributed by atoms with van der Waals surface area (Å²) in [5.41, 5.74) is -0.876. The monoisotopic (exact) mass is 398 g/mol. The molecular formula is C20H18N2O5S. The van der Waals surface area contributed by atoms with Crippen molar-refractivity contribution in [3.8, 4) is 11.5 Å². The summed E-state index contributed by atoms with van der Waals surface area (Å²) in [7, 11) is 0. The molecule has 8 heteroatoms. The third kappa shape index (κ3) is 3.64. The number of hydrogen-bond acceptors (Lipinski definition) is 6. The molecule has 7 nitrogen and oxygen atoms in total. The SMILES string of the molecule is C[C@](O)(CNC(=O)C(=O)Nc1ccc2c(c1)OCO2)c1cc2ccccc2s1. The smallest absolute Gasteiger partial charge is 0.313 e. The topological polar surface area (TPSA) is 96.9 Å². The van der Waals surface area contributed by atoms with Crippen molar-refractivity contribution < 1.29 is 24.2 Å². The number of nitrogens with one attached hydrogen (secondary N) is 2. The van der Waals surface area contributed by atoms with Gasteiger partial charge in [0.15, 0.2) is 11.5 Å². The van der Waals surface area contributed by atoms with Gasteiger partial charge in [-0.15, -0.1) is 11.3 Å². The molecule has 3 N–H and O–H groups in total. The van der Waals surface area contributed by atoms with E-state index < -0.39 is 17.4 Å². The Labute approximate surface area is 164 Å². The third-order valence-corrected chi connectivity index (χ3v) is 5.76. The number of carbonyl (C=O) groups excluding carboxylic acids is 2. The fourth-order valence-electron chi connectivity index (χ4n) is 2.83. The molecule has 2 amide bonds. The van der Waals surface area contributed by atoms with Crippen LogP contribution in [0.4, 0.5) is 5.69 Å². The fourth-order valence-corrected chi connectivity index (χ4v) is 3.94. The molecule has 1 aliphatic heterocycles. The number of rotatable bonds is 4. The highest BCUT2D eigenvalue weighted by Crippen LogP contribution is 2.34. The minimum Gasteiger partial charge on any atom is -0.454 e. The van der Waals surface area contributed by atoms with Crippen LogP contribution in [0, 0.1) is 0 Å². The molecule has 0 aliphatic carbocycles. The lowest BCUT2D eigenvalue weighted by atomic mass is 10.0. The standard InChI is InChI=1S/C20H18N2O5S/c1-20(25,17-8-12-4-2-3-5-16(12)28-17)10-21-18(23)19(24)22-13-6-7-14-15(9-13)27-11-26-14/h2-9,25H,10-11H2,1H3,(H,21,23)(H,22,24)/t20-/m0/s1. The van der Waals surface area contributed by atoms with E-state index in [4.69, 9.17) is 9.47 Å². The van der Waals surface area contributed by atoms with Crippen LogP contribution in [-0.2, 0) is 15.2 Å². The molecular weight excluding hydrogens is 380 g/mol. The maximum atomic E-state index is 12.1. The summed E-state index contributed by atoms with van der Waals surface area (Å²) in [6.07, 6.45) is 0. The highest BCUT2D eigenvalue weighted by molar-refractivity contribution is 7.19. The van der Waals surface area contributed by atoms with Gasteiger partial charge in [0.1, 0.15) is 5.60 Å². The number of carbonyl (C=O) groups is 2. The van der Waals surface area contributed by atoms with Gasteiger partial charge in [-0.3, -0.25) is 9.59 Å². The van der Waals surface area contributed by atoms with Crippen molar-refractivity contribution in [1.29, 1.82) is 0 Å². The maximum absolute atomic E-state index is 12.1. The molecule has 0 bridgehead atoms. The molecule has 1 atom stereocenters. The van der Waals surface area contributed by atoms with Crippen LogP contribution in [0.15, 0.2) is 48.5 Å². The largest absolute Gasteiger partial charge is 0.454 e. The fraction of sp³-hybridized carbons (Fsp3) is 0.200. The average molecular weight is 398 g/mol. The van der Waals surface area contributed by atoms with Crippen molar-refractivity contribution in [2.45, 2.75) is 12.5 Å². The van der Waals surface area contributed by atoms with E-state index in [1.165, 1.54) is 11.3 Å².